The van der Waals surface area contributed by atoms with Gasteiger partial charge in [0.15, 0.2) is 0 Å². The second-order valence-corrected chi connectivity index (χ2v) is 7.98. The molecule has 2 aromatic rings. The molecule has 1 unspecified atom stereocenters. The number of hydrogen-bond acceptors (Lipinski definition) is 4. The molecule has 4 heteroatoms. The maximum Gasteiger partial charge on any atom is 0.119 e. The van der Waals surface area contributed by atoms with E-state index >= 15 is 0 Å². The summed E-state index contributed by atoms with van der Waals surface area (Å²) in [4.78, 5) is 0. The molecule has 4 rings (SSSR count). The molecule has 0 spiro atoms. The zero-order valence-corrected chi connectivity index (χ0v) is 16.1. The van der Waals surface area contributed by atoms with Gasteiger partial charge >= 0.3 is 0 Å². The van der Waals surface area contributed by atoms with Crippen molar-refractivity contribution in [2.75, 3.05) is 33.0 Å². The molecular formula is C23H28O4. The SMILES string of the molecule is CC(C)(c1ccc(OCCC2CO2)cc1)c1ccc(OCC2COC2)cc1. The standard InChI is InChI=1S/C23H28O4/c1-23(2,18-3-7-20(8-4-18)25-12-11-22-16-27-22)19-5-9-21(10-6-19)26-15-17-13-24-14-17/h3-10,17,22H,11-16H2,1-2H3. The van der Waals surface area contributed by atoms with Crippen molar-refractivity contribution in [3.8, 4) is 11.5 Å². The van der Waals surface area contributed by atoms with Crippen LogP contribution in [0.3, 0.4) is 0 Å². The fourth-order valence-electron chi connectivity index (χ4n) is 3.24. The summed E-state index contributed by atoms with van der Waals surface area (Å²) in [6, 6.07) is 16.9. The molecule has 2 saturated heterocycles. The molecule has 1 atom stereocenters. The normalized spacial score (nSPS) is 19.4. The first kappa shape index (κ1) is 18.3. The van der Waals surface area contributed by atoms with E-state index in [0.717, 1.165) is 44.3 Å². The number of ether oxygens (including phenoxy) is 4. The van der Waals surface area contributed by atoms with Gasteiger partial charge in [0.2, 0.25) is 0 Å². The summed E-state index contributed by atoms with van der Waals surface area (Å²) >= 11 is 0. The zero-order chi connectivity index (χ0) is 18.7. The lowest BCUT2D eigenvalue weighted by atomic mass is 9.78. The van der Waals surface area contributed by atoms with E-state index in [0.29, 0.717) is 18.6 Å². The van der Waals surface area contributed by atoms with Crippen molar-refractivity contribution in [1.29, 1.82) is 0 Å². The Kier molecular flexibility index (Phi) is 5.37. The van der Waals surface area contributed by atoms with Crippen LogP contribution >= 0.6 is 0 Å². The van der Waals surface area contributed by atoms with Gasteiger partial charge in [-0.25, -0.2) is 0 Å². The highest BCUT2D eigenvalue weighted by atomic mass is 16.6. The number of hydrogen-bond donors (Lipinski definition) is 0. The Hall–Kier alpha value is -2.04. The van der Waals surface area contributed by atoms with Crippen LogP contribution in [-0.4, -0.2) is 39.1 Å². The average Bonchev–Trinajstić information content (AvgIpc) is 3.46. The molecule has 4 nitrogen and oxygen atoms in total. The van der Waals surface area contributed by atoms with Crippen LogP contribution in [0.5, 0.6) is 11.5 Å². The fourth-order valence-corrected chi connectivity index (χ4v) is 3.24. The van der Waals surface area contributed by atoms with Crippen LogP contribution in [0.15, 0.2) is 48.5 Å². The summed E-state index contributed by atoms with van der Waals surface area (Å²) in [5, 5.41) is 0. The summed E-state index contributed by atoms with van der Waals surface area (Å²) in [7, 11) is 0. The zero-order valence-electron chi connectivity index (χ0n) is 16.1. The van der Waals surface area contributed by atoms with E-state index < -0.39 is 0 Å². The van der Waals surface area contributed by atoms with Crippen LogP contribution in [0.2, 0.25) is 0 Å². The Balaban J connectivity index is 1.35. The second kappa shape index (κ2) is 7.91. The number of rotatable bonds is 9. The maximum absolute atomic E-state index is 5.85. The van der Waals surface area contributed by atoms with Crippen molar-refractivity contribution in [2.24, 2.45) is 5.92 Å². The average molecular weight is 368 g/mol. The predicted molar refractivity (Wildman–Crippen MR) is 105 cm³/mol. The molecule has 0 bridgehead atoms. The summed E-state index contributed by atoms with van der Waals surface area (Å²) in [6.07, 6.45) is 1.38. The Morgan fingerprint density at radius 1 is 0.852 bits per heavy atom. The van der Waals surface area contributed by atoms with Gasteiger partial charge < -0.3 is 18.9 Å². The molecule has 2 aromatic carbocycles. The van der Waals surface area contributed by atoms with Crippen molar-refractivity contribution in [3.05, 3.63) is 59.7 Å². The summed E-state index contributed by atoms with van der Waals surface area (Å²) in [5.41, 5.74) is 2.45. The fraction of sp³-hybridized carbons (Fsp3) is 0.478. The highest BCUT2D eigenvalue weighted by molar-refractivity contribution is 5.41. The van der Waals surface area contributed by atoms with E-state index in [-0.39, 0.29) is 5.41 Å². The van der Waals surface area contributed by atoms with Crippen LogP contribution in [0.1, 0.15) is 31.4 Å². The van der Waals surface area contributed by atoms with Crippen molar-refractivity contribution < 1.29 is 18.9 Å². The van der Waals surface area contributed by atoms with Crippen LogP contribution in [0.25, 0.3) is 0 Å². The molecule has 0 aromatic heterocycles. The van der Waals surface area contributed by atoms with Crippen molar-refractivity contribution >= 4 is 0 Å². The monoisotopic (exact) mass is 368 g/mol. The first-order valence-corrected chi connectivity index (χ1v) is 9.77. The van der Waals surface area contributed by atoms with Crippen LogP contribution in [0.4, 0.5) is 0 Å². The topological polar surface area (TPSA) is 40.2 Å². The Morgan fingerprint density at radius 3 is 1.89 bits per heavy atom. The minimum Gasteiger partial charge on any atom is -0.493 e. The number of epoxide rings is 1. The highest BCUT2D eigenvalue weighted by Gasteiger charge is 2.24. The van der Waals surface area contributed by atoms with Gasteiger partial charge in [0.05, 0.1) is 39.1 Å². The molecular weight excluding hydrogens is 340 g/mol. The molecule has 2 aliphatic heterocycles. The molecule has 0 radical (unpaired) electrons. The third-order valence-corrected chi connectivity index (χ3v) is 5.46. The van der Waals surface area contributed by atoms with Gasteiger partial charge in [0.25, 0.3) is 0 Å². The van der Waals surface area contributed by atoms with E-state index in [2.05, 4.69) is 62.4 Å². The van der Waals surface area contributed by atoms with Gasteiger partial charge in [-0.15, -0.1) is 0 Å². The molecule has 0 N–H and O–H groups in total. The summed E-state index contributed by atoms with van der Waals surface area (Å²) in [5.74, 6) is 2.38. The van der Waals surface area contributed by atoms with Crippen LogP contribution in [0, 0.1) is 5.92 Å². The molecule has 27 heavy (non-hydrogen) atoms. The maximum atomic E-state index is 5.85. The number of benzene rings is 2. The van der Waals surface area contributed by atoms with Gasteiger partial charge in [0.1, 0.15) is 11.5 Å². The first-order valence-electron chi connectivity index (χ1n) is 9.77. The Labute approximate surface area is 161 Å². The van der Waals surface area contributed by atoms with Crippen LogP contribution < -0.4 is 9.47 Å². The Morgan fingerprint density at radius 2 is 1.41 bits per heavy atom. The molecule has 144 valence electrons. The molecule has 0 saturated carbocycles. The van der Waals surface area contributed by atoms with E-state index in [1.54, 1.807) is 0 Å². The smallest absolute Gasteiger partial charge is 0.119 e. The van der Waals surface area contributed by atoms with Crippen molar-refractivity contribution in [2.45, 2.75) is 31.8 Å². The van der Waals surface area contributed by atoms with E-state index in [4.69, 9.17) is 18.9 Å². The predicted octanol–water partition coefficient (Wildman–Crippen LogP) is 4.21. The van der Waals surface area contributed by atoms with Gasteiger partial charge in [-0.2, -0.15) is 0 Å². The lowest BCUT2D eigenvalue weighted by molar-refractivity contribution is -0.0508. The van der Waals surface area contributed by atoms with Crippen LogP contribution in [-0.2, 0) is 14.9 Å². The lowest BCUT2D eigenvalue weighted by Crippen LogP contribution is -2.32. The van der Waals surface area contributed by atoms with Gasteiger partial charge in [0, 0.05) is 17.8 Å². The molecule has 2 aliphatic rings. The van der Waals surface area contributed by atoms with Crippen molar-refractivity contribution in [1.82, 2.24) is 0 Å². The molecule has 2 heterocycles. The van der Waals surface area contributed by atoms with Gasteiger partial charge in [-0.05, 0) is 35.4 Å². The lowest BCUT2D eigenvalue weighted by Gasteiger charge is -2.27. The quantitative estimate of drug-likeness (QED) is 0.622. The molecule has 0 aliphatic carbocycles. The molecule has 0 amide bonds. The largest absolute Gasteiger partial charge is 0.493 e. The van der Waals surface area contributed by atoms with Crippen molar-refractivity contribution in [3.63, 3.8) is 0 Å². The third kappa shape index (κ3) is 4.63. The second-order valence-electron chi connectivity index (χ2n) is 7.98. The highest BCUT2D eigenvalue weighted by Crippen LogP contribution is 2.33. The third-order valence-electron chi connectivity index (χ3n) is 5.46. The molecule has 2 fully saturated rings. The Bertz CT molecular complexity index is 728. The van der Waals surface area contributed by atoms with E-state index in [1.165, 1.54) is 11.1 Å². The van der Waals surface area contributed by atoms with Gasteiger partial charge in [-0.1, -0.05) is 38.1 Å². The van der Waals surface area contributed by atoms with Gasteiger partial charge in [-0.3, -0.25) is 0 Å². The summed E-state index contributed by atoms with van der Waals surface area (Å²) in [6.45, 7) is 8.45. The minimum atomic E-state index is -0.0826. The van der Waals surface area contributed by atoms with E-state index in [9.17, 15) is 0 Å². The summed E-state index contributed by atoms with van der Waals surface area (Å²) < 4.78 is 22.0. The first-order chi connectivity index (χ1) is 13.1. The minimum absolute atomic E-state index is 0.0826. The van der Waals surface area contributed by atoms with E-state index in [1.807, 2.05) is 0 Å².